The van der Waals surface area contributed by atoms with Gasteiger partial charge in [-0.25, -0.2) is 8.42 Å². The van der Waals surface area contributed by atoms with Crippen LogP contribution in [0.25, 0.3) is 10.8 Å². The van der Waals surface area contributed by atoms with Gasteiger partial charge < -0.3 is 5.73 Å². The second-order valence-corrected chi connectivity index (χ2v) is 8.27. The van der Waals surface area contributed by atoms with E-state index in [1.54, 1.807) is 12.1 Å². The zero-order valence-corrected chi connectivity index (χ0v) is 13.9. The molecule has 112 valence electrons. The smallest absolute Gasteiger partial charge is 0.243 e. The van der Waals surface area contributed by atoms with Gasteiger partial charge in [0.05, 0.1) is 4.90 Å². The van der Waals surface area contributed by atoms with Gasteiger partial charge in [0.1, 0.15) is 0 Å². The van der Waals surface area contributed by atoms with E-state index in [9.17, 15) is 8.42 Å². The van der Waals surface area contributed by atoms with Crippen LogP contribution in [0.5, 0.6) is 0 Å². The van der Waals surface area contributed by atoms with E-state index in [-0.39, 0.29) is 6.04 Å². The Balaban J connectivity index is 2.00. The maximum absolute atomic E-state index is 12.7. The van der Waals surface area contributed by atoms with Crippen molar-refractivity contribution in [3.63, 3.8) is 0 Å². The molecule has 3 rings (SSSR count). The lowest BCUT2D eigenvalue weighted by molar-refractivity contribution is 0.316. The first kappa shape index (κ1) is 15.0. The number of benzene rings is 2. The highest BCUT2D eigenvalue weighted by atomic mass is 79.9. The highest BCUT2D eigenvalue weighted by molar-refractivity contribution is 9.10. The van der Waals surface area contributed by atoms with E-state index in [1.807, 2.05) is 24.3 Å². The fourth-order valence-electron chi connectivity index (χ4n) is 2.70. The number of fused-ring (bicyclic) bond motifs is 1. The van der Waals surface area contributed by atoms with Gasteiger partial charge in [-0.1, -0.05) is 28.1 Å². The van der Waals surface area contributed by atoms with Crippen molar-refractivity contribution < 1.29 is 8.42 Å². The Hall–Kier alpha value is -0.950. The number of halogens is 1. The van der Waals surface area contributed by atoms with E-state index in [0.29, 0.717) is 18.0 Å². The van der Waals surface area contributed by atoms with Crippen molar-refractivity contribution in [3.8, 4) is 0 Å². The van der Waals surface area contributed by atoms with Crippen LogP contribution in [-0.4, -0.2) is 31.9 Å². The molecule has 6 heteroatoms. The number of rotatable bonds is 2. The van der Waals surface area contributed by atoms with E-state index in [1.165, 1.54) is 4.31 Å². The molecule has 1 unspecified atom stereocenters. The molecule has 21 heavy (non-hydrogen) atoms. The lowest BCUT2D eigenvalue weighted by atomic mass is 10.1. The third-order valence-corrected chi connectivity index (χ3v) is 6.19. The Morgan fingerprint density at radius 3 is 2.62 bits per heavy atom. The van der Waals surface area contributed by atoms with Crippen molar-refractivity contribution in [2.24, 2.45) is 5.73 Å². The Bertz CT molecular complexity index is 776. The Morgan fingerprint density at radius 1 is 1.14 bits per heavy atom. The van der Waals surface area contributed by atoms with Gasteiger partial charge in [-0.15, -0.1) is 0 Å². The summed E-state index contributed by atoms with van der Waals surface area (Å²) in [5, 5.41) is 1.93. The van der Waals surface area contributed by atoms with Crippen LogP contribution in [0.1, 0.15) is 12.8 Å². The number of piperidine rings is 1. The van der Waals surface area contributed by atoms with Gasteiger partial charge in [0.25, 0.3) is 0 Å². The molecule has 1 heterocycles. The first-order chi connectivity index (χ1) is 9.96. The van der Waals surface area contributed by atoms with Crippen molar-refractivity contribution in [3.05, 3.63) is 40.9 Å². The summed E-state index contributed by atoms with van der Waals surface area (Å²) in [4.78, 5) is 0.339. The van der Waals surface area contributed by atoms with Crippen LogP contribution in [0.4, 0.5) is 0 Å². The average molecular weight is 369 g/mol. The number of sulfonamides is 1. The van der Waals surface area contributed by atoms with Gasteiger partial charge in [0.2, 0.25) is 10.0 Å². The molecule has 2 aromatic rings. The van der Waals surface area contributed by atoms with Crippen molar-refractivity contribution in [1.82, 2.24) is 4.31 Å². The van der Waals surface area contributed by atoms with Gasteiger partial charge in [-0.3, -0.25) is 0 Å². The molecule has 0 aliphatic carbocycles. The molecule has 0 radical (unpaired) electrons. The van der Waals surface area contributed by atoms with Crippen molar-refractivity contribution >= 4 is 36.7 Å². The Labute approximate surface area is 133 Å². The predicted octanol–water partition coefficient (Wildman–Crippen LogP) is 2.71. The van der Waals surface area contributed by atoms with E-state index in [4.69, 9.17) is 5.73 Å². The summed E-state index contributed by atoms with van der Waals surface area (Å²) in [7, 11) is -3.45. The van der Waals surface area contributed by atoms with Gasteiger partial charge in [-0.2, -0.15) is 4.31 Å². The standard InChI is InChI=1S/C15H17BrN2O2S/c16-13-5-3-12-9-15(6-4-11(12)8-13)21(19,20)18-7-1-2-14(17)10-18/h3-6,8-9,14H,1-2,7,10,17H2. The third kappa shape index (κ3) is 2.99. The molecular formula is C15H17BrN2O2S. The highest BCUT2D eigenvalue weighted by Gasteiger charge is 2.28. The molecule has 0 spiro atoms. The minimum Gasteiger partial charge on any atom is -0.327 e. The van der Waals surface area contributed by atoms with Gasteiger partial charge in [-0.05, 0) is 47.9 Å². The zero-order valence-electron chi connectivity index (χ0n) is 11.5. The SMILES string of the molecule is NC1CCCN(S(=O)(=O)c2ccc3cc(Br)ccc3c2)C1. The first-order valence-corrected chi connectivity index (χ1v) is 9.15. The minimum absolute atomic E-state index is 0.0649. The lowest BCUT2D eigenvalue weighted by Crippen LogP contribution is -2.45. The molecule has 0 aromatic heterocycles. The van der Waals surface area contributed by atoms with Crippen LogP contribution in [0.2, 0.25) is 0 Å². The average Bonchev–Trinajstić information content (AvgIpc) is 2.46. The summed E-state index contributed by atoms with van der Waals surface area (Å²) in [5.74, 6) is 0. The van der Waals surface area contributed by atoms with Gasteiger partial charge in [0, 0.05) is 23.6 Å². The Kier molecular flexibility index (Phi) is 4.05. The molecule has 1 aliphatic rings. The molecular weight excluding hydrogens is 352 g/mol. The number of hydrogen-bond acceptors (Lipinski definition) is 3. The molecule has 1 atom stereocenters. The van der Waals surface area contributed by atoms with Crippen molar-refractivity contribution in [1.29, 1.82) is 0 Å². The molecule has 2 aromatic carbocycles. The van der Waals surface area contributed by atoms with E-state index >= 15 is 0 Å². The van der Waals surface area contributed by atoms with Crippen LogP contribution in [0.3, 0.4) is 0 Å². The second-order valence-electron chi connectivity index (χ2n) is 5.42. The van der Waals surface area contributed by atoms with Gasteiger partial charge in [0.15, 0.2) is 0 Å². The summed E-state index contributed by atoms with van der Waals surface area (Å²) in [5.41, 5.74) is 5.90. The lowest BCUT2D eigenvalue weighted by Gasteiger charge is -2.29. The topological polar surface area (TPSA) is 63.4 Å². The number of nitrogens with zero attached hydrogens (tertiary/aromatic N) is 1. The summed E-state index contributed by atoms with van der Waals surface area (Å²) in [6, 6.07) is 11.0. The fraction of sp³-hybridized carbons (Fsp3) is 0.333. The molecule has 1 saturated heterocycles. The normalized spacial score (nSPS) is 20.8. The maximum Gasteiger partial charge on any atom is 0.243 e. The molecule has 4 nitrogen and oxygen atoms in total. The Morgan fingerprint density at radius 2 is 1.86 bits per heavy atom. The highest BCUT2D eigenvalue weighted by Crippen LogP contribution is 2.26. The minimum atomic E-state index is -3.45. The van der Waals surface area contributed by atoms with Crippen LogP contribution in [0.15, 0.2) is 45.8 Å². The summed E-state index contributed by atoms with van der Waals surface area (Å²) < 4.78 is 27.9. The van der Waals surface area contributed by atoms with E-state index in [2.05, 4.69) is 15.9 Å². The fourth-order valence-corrected chi connectivity index (χ4v) is 4.65. The molecule has 2 N–H and O–H groups in total. The molecule has 0 saturated carbocycles. The number of hydrogen-bond donors (Lipinski definition) is 1. The summed E-state index contributed by atoms with van der Waals surface area (Å²) >= 11 is 3.42. The largest absolute Gasteiger partial charge is 0.327 e. The quantitative estimate of drug-likeness (QED) is 0.886. The molecule has 1 aliphatic heterocycles. The third-order valence-electron chi connectivity index (χ3n) is 3.83. The second kappa shape index (κ2) is 5.68. The predicted molar refractivity (Wildman–Crippen MR) is 87.6 cm³/mol. The van der Waals surface area contributed by atoms with E-state index in [0.717, 1.165) is 28.1 Å². The van der Waals surface area contributed by atoms with Crippen LogP contribution in [0, 0.1) is 0 Å². The van der Waals surface area contributed by atoms with Crippen LogP contribution in [-0.2, 0) is 10.0 Å². The molecule has 0 amide bonds. The van der Waals surface area contributed by atoms with Crippen molar-refractivity contribution in [2.45, 2.75) is 23.8 Å². The molecule has 0 bridgehead atoms. The summed E-state index contributed by atoms with van der Waals surface area (Å²) in [6.07, 6.45) is 1.71. The van der Waals surface area contributed by atoms with Crippen molar-refractivity contribution in [2.75, 3.05) is 13.1 Å². The summed E-state index contributed by atoms with van der Waals surface area (Å²) in [6.45, 7) is 0.953. The monoisotopic (exact) mass is 368 g/mol. The van der Waals surface area contributed by atoms with Crippen LogP contribution < -0.4 is 5.73 Å². The zero-order chi connectivity index (χ0) is 15.0. The van der Waals surface area contributed by atoms with Crippen LogP contribution >= 0.6 is 15.9 Å². The van der Waals surface area contributed by atoms with E-state index < -0.39 is 10.0 Å². The maximum atomic E-state index is 12.7. The van der Waals surface area contributed by atoms with Gasteiger partial charge >= 0.3 is 0 Å². The number of nitrogens with two attached hydrogens (primary N) is 1. The first-order valence-electron chi connectivity index (χ1n) is 6.92. The molecule has 1 fully saturated rings.